The van der Waals surface area contributed by atoms with Gasteiger partial charge in [-0.3, -0.25) is 14.2 Å². The number of aromatic nitrogens is 2. The molecule has 0 aliphatic heterocycles. The Morgan fingerprint density at radius 3 is 2.37 bits per heavy atom. The lowest BCUT2D eigenvalue weighted by Crippen LogP contribution is -2.34. The van der Waals surface area contributed by atoms with Gasteiger partial charge in [0, 0.05) is 12.7 Å². The first-order valence-electron chi connectivity index (χ1n) is 9.05. The van der Waals surface area contributed by atoms with Gasteiger partial charge in [-0.1, -0.05) is 49.4 Å². The average molecular weight is 359 g/mol. The van der Waals surface area contributed by atoms with Gasteiger partial charge in [0.15, 0.2) is 0 Å². The maximum Gasteiger partial charge on any atom is 0.275 e. The Labute approximate surface area is 156 Å². The van der Waals surface area contributed by atoms with Crippen LogP contribution in [0, 0.1) is 0 Å². The number of benzene rings is 2. The van der Waals surface area contributed by atoms with E-state index in [1.54, 1.807) is 10.6 Å². The predicted octanol–water partition coefficient (Wildman–Crippen LogP) is 3.17. The van der Waals surface area contributed by atoms with Crippen molar-refractivity contribution < 1.29 is 4.79 Å². The SMILES string of the molecule is CC(CNC(=O)Cn1c(=O)c2cccn2c2ccccc21)c1ccccc1. The minimum Gasteiger partial charge on any atom is -0.354 e. The molecule has 2 aromatic heterocycles. The van der Waals surface area contributed by atoms with Crippen LogP contribution >= 0.6 is 0 Å². The largest absolute Gasteiger partial charge is 0.354 e. The van der Waals surface area contributed by atoms with Crippen LogP contribution in [0.1, 0.15) is 18.4 Å². The summed E-state index contributed by atoms with van der Waals surface area (Å²) in [5.41, 5.74) is 3.24. The second kappa shape index (κ2) is 7.11. The van der Waals surface area contributed by atoms with Gasteiger partial charge < -0.3 is 9.72 Å². The van der Waals surface area contributed by atoms with E-state index in [0.29, 0.717) is 12.1 Å². The fourth-order valence-corrected chi connectivity index (χ4v) is 3.43. The van der Waals surface area contributed by atoms with Crippen LogP contribution in [0.2, 0.25) is 0 Å². The van der Waals surface area contributed by atoms with Crippen molar-refractivity contribution in [1.82, 2.24) is 14.3 Å². The van der Waals surface area contributed by atoms with Crippen LogP contribution in [0.3, 0.4) is 0 Å². The molecule has 4 aromatic rings. The fraction of sp³-hybridized carbons (Fsp3) is 0.182. The zero-order valence-corrected chi connectivity index (χ0v) is 15.1. The van der Waals surface area contributed by atoms with E-state index in [1.807, 2.05) is 59.1 Å². The molecular weight excluding hydrogens is 338 g/mol. The number of nitrogens with one attached hydrogen (secondary N) is 1. The Bertz CT molecular complexity index is 1160. The number of hydrogen-bond acceptors (Lipinski definition) is 2. The minimum atomic E-state index is -0.166. The number of hydrogen-bond donors (Lipinski definition) is 1. The molecule has 1 amide bonds. The first-order chi connectivity index (χ1) is 13.1. The summed E-state index contributed by atoms with van der Waals surface area (Å²) in [6.07, 6.45) is 1.87. The summed E-state index contributed by atoms with van der Waals surface area (Å²) >= 11 is 0. The smallest absolute Gasteiger partial charge is 0.275 e. The normalized spacial score (nSPS) is 12.3. The van der Waals surface area contributed by atoms with E-state index in [1.165, 1.54) is 5.56 Å². The van der Waals surface area contributed by atoms with E-state index >= 15 is 0 Å². The third-order valence-corrected chi connectivity index (χ3v) is 4.92. The van der Waals surface area contributed by atoms with Gasteiger partial charge in [-0.15, -0.1) is 0 Å². The zero-order chi connectivity index (χ0) is 18.8. The van der Waals surface area contributed by atoms with Crippen LogP contribution in [0.5, 0.6) is 0 Å². The van der Waals surface area contributed by atoms with Gasteiger partial charge in [0.05, 0.1) is 11.0 Å². The molecule has 136 valence electrons. The number of rotatable bonds is 5. The van der Waals surface area contributed by atoms with E-state index in [2.05, 4.69) is 24.4 Å². The molecule has 5 nitrogen and oxygen atoms in total. The summed E-state index contributed by atoms with van der Waals surface area (Å²) in [4.78, 5) is 25.4. The van der Waals surface area contributed by atoms with Gasteiger partial charge in [0.25, 0.3) is 5.56 Å². The molecule has 0 saturated carbocycles. The molecule has 2 aromatic carbocycles. The highest BCUT2D eigenvalue weighted by atomic mass is 16.2. The van der Waals surface area contributed by atoms with Crippen molar-refractivity contribution >= 4 is 22.5 Å². The Hall–Kier alpha value is -3.34. The van der Waals surface area contributed by atoms with Crippen molar-refractivity contribution in [1.29, 1.82) is 0 Å². The molecule has 0 aliphatic rings. The van der Waals surface area contributed by atoms with Crippen molar-refractivity contribution in [3.63, 3.8) is 0 Å². The molecule has 0 spiro atoms. The second-order valence-electron chi connectivity index (χ2n) is 6.76. The average Bonchev–Trinajstić information content (AvgIpc) is 3.20. The minimum absolute atomic E-state index is 0.00252. The lowest BCUT2D eigenvalue weighted by atomic mass is 10.0. The standard InChI is InChI=1S/C22H21N3O2/c1-16(17-8-3-2-4-9-17)14-23-21(26)15-25-19-11-6-5-10-18(19)24-13-7-12-20(24)22(25)27/h2-13,16H,14-15H2,1H3,(H,23,26). The lowest BCUT2D eigenvalue weighted by Gasteiger charge is -2.15. The number of para-hydroxylation sites is 2. The molecule has 0 radical (unpaired) electrons. The number of carbonyl (C=O) groups is 1. The van der Waals surface area contributed by atoms with Gasteiger partial charge in [-0.05, 0) is 35.7 Å². The number of carbonyl (C=O) groups excluding carboxylic acids is 1. The van der Waals surface area contributed by atoms with Crippen LogP contribution in [0.4, 0.5) is 0 Å². The number of amides is 1. The first kappa shape index (κ1) is 17.1. The van der Waals surface area contributed by atoms with Crippen molar-refractivity contribution in [3.05, 3.63) is 88.8 Å². The zero-order valence-electron chi connectivity index (χ0n) is 15.1. The molecule has 1 N–H and O–H groups in total. The number of nitrogens with zero attached hydrogens (tertiary/aromatic N) is 2. The van der Waals surface area contributed by atoms with Crippen molar-refractivity contribution in [2.75, 3.05) is 6.54 Å². The van der Waals surface area contributed by atoms with E-state index < -0.39 is 0 Å². The number of fused-ring (bicyclic) bond motifs is 3. The Balaban J connectivity index is 1.58. The molecule has 2 heterocycles. The van der Waals surface area contributed by atoms with Crippen molar-refractivity contribution in [2.45, 2.75) is 19.4 Å². The molecule has 1 unspecified atom stereocenters. The maximum atomic E-state index is 12.9. The Morgan fingerprint density at radius 2 is 1.59 bits per heavy atom. The van der Waals surface area contributed by atoms with Crippen LogP contribution in [-0.4, -0.2) is 21.4 Å². The van der Waals surface area contributed by atoms with Gasteiger partial charge in [0.2, 0.25) is 5.91 Å². The highest BCUT2D eigenvalue weighted by molar-refractivity contribution is 5.82. The van der Waals surface area contributed by atoms with E-state index in [0.717, 1.165) is 11.0 Å². The van der Waals surface area contributed by atoms with E-state index in [4.69, 9.17) is 0 Å². The third kappa shape index (κ3) is 3.24. The molecule has 0 aliphatic carbocycles. The summed E-state index contributed by atoms with van der Waals surface area (Å²) in [7, 11) is 0. The summed E-state index contributed by atoms with van der Waals surface area (Å²) in [6, 6.07) is 21.3. The van der Waals surface area contributed by atoms with Crippen LogP contribution in [0.15, 0.2) is 77.7 Å². The molecule has 5 heteroatoms. The van der Waals surface area contributed by atoms with Gasteiger partial charge in [-0.2, -0.15) is 0 Å². The van der Waals surface area contributed by atoms with Gasteiger partial charge in [0.1, 0.15) is 12.1 Å². The summed E-state index contributed by atoms with van der Waals surface area (Å²) in [6.45, 7) is 2.61. The van der Waals surface area contributed by atoms with E-state index in [-0.39, 0.29) is 23.9 Å². The molecule has 1 atom stereocenters. The van der Waals surface area contributed by atoms with Crippen molar-refractivity contribution in [2.24, 2.45) is 0 Å². The summed E-state index contributed by atoms with van der Waals surface area (Å²) < 4.78 is 3.41. The monoisotopic (exact) mass is 359 g/mol. The van der Waals surface area contributed by atoms with Gasteiger partial charge in [-0.25, -0.2) is 0 Å². The highest BCUT2D eigenvalue weighted by Crippen LogP contribution is 2.15. The lowest BCUT2D eigenvalue weighted by molar-refractivity contribution is -0.121. The van der Waals surface area contributed by atoms with Gasteiger partial charge >= 0.3 is 0 Å². The topological polar surface area (TPSA) is 55.5 Å². The predicted molar refractivity (Wildman–Crippen MR) is 107 cm³/mol. The van der Waals surface area contributed by atoms with Crippen LogP contribution < -0.4 is 10.9 Å². The molecule has 0 bridgehead atoms. The molecule has 4 rings (SSSR count). The quantitative estimate of drug-likeness (QED) is 0.595. The second-order valence-corrected chi connectivity index (χ2v) is 6.76. The third-order valence-electron chi connectivity index (χ3n) is 4.92. The van der Waals surface area contributed by atoms with Crippen LogP contribution in [0.25, 0.3) is 16.6 Å². The molecule has 27 heavy (non-hydrogen) atoms. The summed E-state index contributed by atoms with van der Waals surface area (Å²) in [5, 5.41) is 2.96. The summed E-state index contributed by atoms with van der Waals surface area (Å²) in [5.74, 6) is 0.0395. The molecular formula is C22H21N3O2. The van der Waals surface area contributed by atoms with Crippen molar-refractivity contribution in [3.8, 4) is 0 Å². The van der Waals surface area contributed by atoms with Crippen LogP contribution in [-0.2, 0) is 11.3 Å². The highest BCUT2D eigenvalue weighted by Gasteiger charge is 2.14. The molecule has 0 saturated heterocycles. The fourth-order valence-electron chi connectivity index (χ4n) is 3.43. The Morgan fingerprint density at radius 1 is 0.926 bits per heavy atom. The molecule has 0 fully saturated rings. The van der Waals surface area contributed by atoms with E-state index in [9.17, 15) is 9.59 Å². The Kier molecular flexibility index (Phi) is 4.50. The first-order valence-corrected chi connectivity index (χ1v) is 9.05. The maximum absolute atomic E-state index is 12.9.